The molecule has 4 aromatic rings. The number of methoxy groups -OCH3 is 2. The van der Waals surface area contributed by atoms with Crippen LogP contribution in [0.1, 0.15) is 35.9 Å². The molecule has 8 nitrogen and oxygen atoms in total. The Morgan fingerprint density at radius 1 is 0.892 bits per heavy atom. The van der Waals surface area contributed by atoms with Gasteiger partial charge in [0.1, 0.15) is 6.04 Å². The summed E-state index contributed by atoms with van der Waals surface area (Å²) in [7, 11) is 3.22. The van der Waals surface area contributed by atoms with Crippen molar-refractivity contribution in [2.45, 2.75) is 24.8 Å². The molecule has 0 saturated heterocycles. The minimum atomic E-state index is -0.403. The minimum Gasteiger partial charge on any atom is -0.493 e. The number of Topliss-reactive ketones (excluding diaryl/α,β-unsaturated/α-hetero) is 1. The SMILES string of the molecule is COc1ccc(C2CC(=O)C3=C(C2)Nc2nc(N)nn2C3c2ccc(-c3ccccc3)cc2)cc1OC. The zero-order chi connectivity index (χ0) is 25.5. The molecule has 37 heavy (non-hydrogen) atoms. The van der Waals surface area contributed by atoms with E-state index in [1.54, 1.807) is 18.9 Å². The van der Waals surface area contributed by atoms with E-state index in [2.05, 4.69) is 51.8 Å². The molecule has 0 bridgehead atoms. The van der Waals surface area contributed by atoms with E-state index in [1.807, 2.05) is 36.4 Å². The van der Waals surface area contributed by atoms with Gasteiger partial charge in [0.05, 0.1) is 14.2 Å². The number of allylic oxidation sites excluding steroid dienone is 2. The van der Waals surface area contributed by atoms with Crippen LogP contribution in [-0.4, -0.2) is 34.8 Å². The lowest BCUT2D eigenvalue weighted by molar-refractivity contribution is -0.116. The summed E-state index contributed by atoms with van der Waals surface area (Å²) in [6, 6.07) is 23.9. The number of ether oxygens (including phenoxy) is 2. The first-order valence-corrected chi connectivity index (χ1v) is 12.2. The van der Waals surface area contributed by atoms with Gasteiger partial charge in [-0.25, -0.2) is 4.68 Å². The monoisotopic (exact) mass is 493 g/mol. The van der Waals surface area contributed by atoms with Crippen LogP contribution in [-0.2, 0) is 4.79 Å². The van der Waals surface area contributed by atoms with E-state index in [0.717, 1.165) is 28.0 Å². The molecule has 0 saturated carbocycles. The van der Waals surface area contributed by atoms with Crippen molar-refractivity contribution < 1.29 is 14.3 Å². The molecular formula is C29H27N5O3. The lowest BCUT2D eigenvalue weighted by Gasteiger charge is -2.35. The van der Waals surface area contributed by atoms with Gasteiger partial charge in [-0.2, -0.15) is 4.98 Å². The summed E-state index contributed by atoms with van der Waals surface area (Å²) in [5.41, 5.74) is 11.8. The molecule has 0 radical (unpaired) electrons. The molecule has 6 rings (SSSR count). The summed E-state index contributed by atoms with van der Waals surface area (Å²) >= 11 is 0. The van der Waals surface area contributed by atoms with Crippen LogP contribution in [0.2, 0.25) is 0 Å². The Morgan fingerprint density at radius 3 is 2.32 bits per heavy atom. The Balaban J connectivity index is 1.39. The maximum atomic E-state index is 13.7. The smallest absolute Gasteiger partial charge is 0.241 e. The Kier molecular flexibility index (Phi) is 5.64. The van der Waals surface area contributed by atoms with E-state index in [1.165, 1.54) is 0 Å². The largest absolute Gasteiger partial charge is 0.493 e. The number of carbonyl (C=O) groups is 1. The second kappa shape index (κ2) is 9.13. The normalized spacial score (nSPS) is 18.6. The molecule has 1 aliphatic heterocycles. The van der Waals surface area contributed by atoms with Crippen LogP contribution in [0.25, 0.3) is 11.1 Å². The summed E-state index contributed by atoms with van der Waals surface area (Å²) in [5.74, 6) is 2.07. The number of nitrogens with two attached hydrogens (primary N) is 1. The molecule has 2 atom stereocenters. The van der Waals surface area contributed by atoms with Crippen LogP contribution in [0.4, 0.5) is 11.9 Å². The summed E-state index contributed by atoms with van der Waals surface area (Å²) in [4.78, 5) is 18.1. The topological polar surface area (TPSA) is 104 Å². The first kappa shape index (κ1) is 22.8. The van der Waals surface area contributed by atoms with Crippen molar-refractivity contribution in [1.29, 1.82) is 0 Å². The van der Waals surface area contributed by atoms with Gasteiger partial charge in [0.15, 0.2) is 17.3 Å². The standard InChI is InChI=1S/C29H27N5O3/c1-36-24-13-12-20(16-25(24)37-2)21-14-22-26(23(35)15-21)27(34-29(31-22)32-28(30)33-34)19-10-8-18(9-11-19)17-6-4-3-5-7-17/h3-13,16,21,27H,14-15H2,1-2H3,(H3,30,31,32,33). The number of hydrogen-bond donors (Lipinski definition) is 2. The van der Waals surface area contributed by atoms with Crippen molar-refractivity contribution in [3.8, 4) is 22.6 Å². The molecule has 2 heterocycles. The van der Waals surface area contributed by atoms with E-state index in [9.17, 15) is 4.79 Å². The number of ketones is 1. The Hall–Kier alpha value is -4.59. The first-order valence-electron chi connectivity index (χ1n) is 12.2. The van der Waals surface area contributed by atoms with Crippen LogP contribution < -0.4 is 20.5 Å². The van der Waals surface area contributed by atoms with Crippen molar-refractivity contribution in [1.82, 2.24) is 14.8 Å². The van der Waals surface area contributed by atoms with Gasteiger partial charge < -0.3 is 20.5 Å². The predicted octanol–water partition coefficient (Wildman–Crippen LogP) is 4.96. The van der Waals surface area contributed by atoms with E-state index in [-0.39, 0.29) is 17.6 Å². The number of hydrogen-bond acceptors (Lipinski definition) is 7. The predicted molar refractivity (Wildman–Crippen MR) is 142 cm³/mol. The zero-order valence-corrected chi connectivity index (χ0v) is 20.6. The van der Waals surface area contributed by atoms with E-state index in [4.69, 9.17) is 15.2 Å². The molecular weight excluding hydrogens is 466 g/mol. The van der Waals surface area contributed by atoms with Gasteiger partial charge in [-0.3, -0.25) is 4.79 Å². The molecule has 1 aromatic heterocycles. The average Bonchev–Trinajstić information content (AvgIpc) is 3.31. The molecule has 3 N–H and O–H groups in total. The molecule has 0 amide bonds. The van der Waals surface area contributed by atoms with Gasteiger partial charge >= 0.3 is 0 Å². The lowest BCUT2D eigenvalue weighted by atomic mass is 9.77. The van der Waals surface area contributed by atoms with Gasteiger partial charge in [-0.1, -0.05) is 60.7 Å². The molecule has 2 unspecified atom stereocenters. The van der Waals surface area contributed by atoms with Gasteiger partial charge in [-0.05, 0) is 46.7 Å². The minimum absolute atomic E-state index is 0.00789. The van der Waals surface area contributed by atoms with Gasteiger partial charge in [-0.15, -0.1) is 5.10 Å². The number of nitrogens with one attached hydrogen (secondary N) is 1. The molecule has 0 spiro atoms. The number of fused-ring (bicyclic) bond motifs is 1. The highest BCUT2D eigenvalue weighted by Gasteiger charge is 2.39. The van der Waals surface area contributed by atoms with Crippen molar-refractivity contribution >= 4 is 17.7 Å². The fourth-order valence-corrected chi connectivity index (χ4v) is 5.37. The maximum absolute atomic E-state index is 13.7. The molecule has 0 fully saturated rings. The average molecular weight is 494 g/mol. The van der Waals surface area contributed by atoms with E-state index < -0.39 is 6.04 Å². The first-order chi connectivity index (χ1) is 18.1. The summed E-state index contributed by atoms with van der Waals surface area (Å²) in [6.45, 7) is 0. The Labute approximate surface area is 214 Å². The van der Waals surface area contributed by atoms with Gasteiger partial charge in [0.25, 0.3) is 0 Å². The fraction of sp³-hybridized carbons (Fsp3) is 0.207. The number of anilines is 2. The third-order valence-electron chi connectivity index (χ3n) is 7.15. The fourth-order valence-electron chi connectivity index (χ4n) is 5.37. The number of benzene rings is 3. The van der Waals surface area contributed by atoms with Crippen LogP contribution in [0.5, 0.6) is 11.5 Å². The molecule has 186 valence electrons. The Morgan fingerprint density at radius 2 is 1.59 bits per heavy atom. The van der Waals surface area contributed by atoms with Crippen molar-refractivity contribution in [2.75, 3.05) is 25.3 Å². The van der Waals surface area contributed by atoms with Crippen molar-refractivity contribution in [2.24, 2.45) is 0 Å². The summed E-state index contributed by atoms with van der Waals surface area (Å²) in [6.07, 6.45) is 1.04. The highest BCUT2D eigenvalue weighted by atomic mass is 16.5. The quantitative estimate of drug-likeness (QED) is 0.405. The van der Waals surface area contributed by atoms with Crippen LogP contribution in [0, 0.1) is 0 Å². The van der Waals surface area contributed by atoms with Gasteiger partial charge in [0.2, 0.25) is 11.9 Å². The van der Waals surface area contributed by atoms with Crippen LogP contribution >= 0.6 is 0 Å². The highest BCUT2D eigenvalue weighted by molar-refractivity contribution is 6.00. The maximum Gasteiger partial charge on any atom is 0.241 e. The number of nitrogen functional groups attached to an aromatic ring is 1. The van der Waals surface area contributed by atoms with Gasteiger partial charge in [0, 0.05) is 17.7 Å². The molecule has 3 aromatic carbocycles. The second-order valence-electron chi connectivity index (χ2n) is 9.29. The zero-order valence-electron chi connectivity index (χ0n) is 20.6. The van der Waals surface area contributed by atoms with Crippen LogP contribution in [0.15, 0.2) is 84.1 Å². The van der Waals surface area contributed by atoms with Crippen molar-refractivity contribution in [3.63, 3.8) is 0 Å². The number of aromatic nitrogens is 3. The number of carbonyl (C=O) groups excluding carboxylic acids is 1. The third-order valence-corrected chi connectivity index (χ3v) is 7.15. The highest BCUT2D eigenvalue weighted by Crippen LogP contribution is 2.45. The molecule has 8 heteroatoms. The van der Waals surface area contributed by atoms with E-state index >= 15 is 0 Å². The molecule has 1 aliphatic carbocycles. The third kappa shape index (κ3) is 4.00. The molecule has 2 aliphatic rings. The van der Waals surface area contributed by atoms with E-state index in [0.29, 0.717) is 35.9 Å². The second-order valence-corrected chi connectivity index (χ2v) is 9.29. The summed E-state index contributed by atoms with van der Waals surface area (Å²) in [5, 5.41) is 7.79. The summed E-state index contributed by atoms with van der Waals surface area (Å²) < 4.78 is 12.6. The lowest BCUT2D eigenvalue weighted by Crippen LogP contribution is -2.33. The van der Waals surface area contributed by atoms with Crippen LogP contribution in [0.3, 0.4) is 0 Å². The van der Waals surface area contributed by atoms with Crippen molar-refractivity contribution in [3.05, 3.63) is 95.2 Å². The Bertz CT molecular complexity index is 1510. The number of rotatable bonds is 5. The number of nitrogens with zero attached hydrogens (tertiary/aromatic N) is 3.